The molecule has 0 aliphatic carbocycles. The fourth-order valence-corrected chi connectivity index (χ4v) is 16.4. The summed E-state index contributed by atoms with van der Waals surface area (Å²) >= 11 is 8.56. The molecule has 4 aromatic heterocycles. The minimum Gasteiger partial charge on any atom is -0.326 e. The Morgan fingerprint density at radius 1 is 0.489 bits per heavy atom. The van der Waals surface area contributed by atoms with E-state index in [4.69, 9.17) is 11.6 Å². The Bertz CT molecular complexity index is 4220. The maximum Gasteiger partial charge on any atom is 0.275 e. The normalized spacial score (nSPS) is 15.2. The number of hydrogen-bond donors (Lipinski definition) is 4. The first-order valence-corrected chi connectivity index (χ1v) is 34.0. The Balaban J connectivity index is 0.000000171. The number of anilines is 4. The largest absolute Gasteiger partial charge is 0.326 e. The monoisotopic (exact) mass is 1310 g/mol. The van der Waals surface area contributed by atoms with Crippen molar-refractivity contribution in [1.29, 1.82) is 0 Å². The number of amides is 4. The molecule has 0 spiro atoms. The van der Waals surface area contributed by atoms with Crippen molar-refractivity contribution in [2.24, 2.45) is 17.8 Å². The highest BCUT2D eigenvalue weighted by Gasteiger charge is 2.42. The molecule has 3 aliphatic heterocycles. The molecule has 0 saturated carbocycles. The van der Waals surface area contributed by atoms with Crippen LogP contribution in [0.25, 0.3) is 16.7 Å². The molecule has 0 bridgehead atoms. The molecule has 0 unspecified atom stereocenters. The molecule has 26 heteroatoms. The zero-order chi connectivity index (χ0) is 64.7. The van der Waals surface area contributed by atoms with Crippen LogP contribution in [0.4, 0.5) is 22.5 Å². The van der Waals surface area contributed by atoms with Crippen molar-refractivity contribution in [3.8, 4) is 0 Å². The minimum absolute atomic E-state index is 0.0297. The van der Waals surface area contributed by atoms with Crippen molar-refractivity contribution in [2.45, 2.75) is 89.8 Å². The van der Waals surface area contributed by atoms with Crippen LogP contribution in [-0.4, -0.2) is 97.9 Å². The number of benzene rings is 3. The number of allylic oxidation sites excluding steroid dienone is 3. The third-order valence-electron chi connectivity index (χ3n) is 13.8. The summed E-state index contributed by atoms with van der Waals surface area (Å²) in [5, 5.41) is 11.2. The van der Waals surface area contributed by atoms with Gasteiger partial charge in [0.1, 0.15) is 33.6 Å². The number of carbonyl (C=O) groups is 4. The second-order valence-corrected chi connectivity index (χ2v) is 30.2. The van der Waals surface area contributed by atoms with Crippen LogP contribution in [0, 0.1) is 24.7 Å². The molecular formula is C62H69ClN10O10S5. The maximum absolute atomic E-state index is 12.9. The molecule has 4 N–H and O–H groups in total. The van der Waals surface area contributed by atoms with E-state index in [0.717, 1.165) is 34.8 Å². The lowest BCUT2D eigenvalue weighted by Crippen LogP contribution is -2.38. The third-order valence-corrected chi connectivity index (χ3v) is 21.5. The summed E-state index contributed by atoms with van der Waals surface area (Å²) < 4.78 is 80.5. The van der Waals surface area contributed by atoms with Gasteiger partial charge in [-0.1, -0.05) is 128 Å². The fourth-order valence-electron chi connectivity index (χ4n) is 9.68. The van der Waals surface area contributed by atoms with Gasteiger partial charge in [0.25, 0.3) is 47.8 Å². The van der Waals surface area contributed by atoms with Gasteiger partial charge in [0.2, 0.25) is 5.91 Å². The van der Waals surface area contributed by atoms with E-state index in [0.29, 0.717) is 59.7 Å². The van der Waals surface area contributed by atoms with E-state index in [9.17, 15) is 44.4 Å². The molecule has 7 heterocycles. The van der Waals surface area contributed by atoms with Crippen molar-refractivity contribution < 1.29 is 44.4 Å². The molecule has 0 radical (unpaired) electrons. The second kappa shape index (κ2) is 28.0. The van der Waals surface area contributed by atoms with E-state index in [1.807, 2.05) is 72.7 Å². The standard InChI is InChI=1S/C18H19N3O3S.C17H19N3O3S2.C16H16ClN3O3S2.C11H15NO/c1-12(2)16-13-8-4-5-9-14(13)25(23,24)21(3)17(16)18(22)20-15-10-6-7-11-19-15;1-10(2)14-12-7-5-6-8-13(12)25(22,23)20(4)15(14)16(21)19-17-18-9-11(3)24-17;1-9(2)13-14(16(21)19-12-6-4-5-7-18-12)20(3)25(22,23)10-8-11(17)24-15(10)13;1-8(2)10-4-6-11(7-5-10)12-9(3)13/h4-12H,1-3H3,(H,19,20,22);5-10H,1-4H3,(H,18,19,21);4-9H,1-3H3,(H,18,19,21);4-8H,1-3H3,(H,12,13). The van der Waals surface area contributed by atoms with Gasteiger partial charge in [-0.3, -0.25) is 37.4 Å². The number of likely N-dealkylation sites (N-methyl/N-ethyl adjacent to an activating group) is 3. The summed E-state index contributed by atoms with van der Waals surface area (Å²) in [5.74, 6) is -0.414. The summed E-state index contributed by atoms with van der Waals surface area (Å²) in [6.45, 7) is 19.3. The van der Waals surface area contributed by atoms with Gasteiger partial charge in [-0.15, -0.1) is 22.7 Å². The zero-order valence-electron chi connectivity index (χ0n) is 50.7. The number of aryl methyl sites for hydroxylation is 1. The van der Waals surface area contributed by atoms with Crippen molar-refractivity contribution in [2.75, 3.05) is 42.4 Å². The predicted molar refractivity (Wildman–Crippen MR) is 348 cm³/mol. The molecule has 7 aromatic rings. The molecule has 4 amide bonds. The lowest BCUT2D eigenvalue weighted by atomic mass is 9.92. The molecule has 0 atom stereocenters. The highest BCUT2D eigenvalue weighted by Crippen LogP contribution is 2.46. The van der Waals surface area contributed by atoms with Crippen molar-refractivity contribution in [3.05, 3.63) is 182 Å². The Morgan fingerprint density at radius 2 is 0.898 bits per heavy atom. The second-order valence-electron chi connectivity index (χ2n) is 21.4. The minimum atomic E-state index is -3.83. The van der Waals surface area contributed by atoms with E-state index in [1.54, 1.807) is 104 Å². The number of carbonyl (C=O) groups excluding carboxylic acids is 4. The number of sulfonamides is 3. The van der Waals surface area contributed by atoms with Crippen molar-refractivity contribution in [3.63, 3.8) is 0 Å². The number of halogens is 1. The van der Waals surface area contributed by atoms with E-state index < -0.39 is 47.8 Å². The number of pyridine rings is 2. The predicted octanol–water partition coefficient (Wildman–Crippen LogP) is 12.0. The fraction of sp³-hybridized carbons (Fsp3) is 0.274. The van der Waals surface area contributed by atoms with Crippen LogP contribution in [0.5, 0.6) is 0 Å². The summed E-state index contributed by atoms with van der Waals surface area (Å²) in [6, 6.07) is 33.1. The van der Waals surface area contributed by atoms with E-state index in [2.05, 4.69) is 50.1 Å². The number of thiophene rings is 1. The number of hydrogen-bond acceptors (Lipinski definition) is 15. The first kappa shape index (κ1) is 67.4. The van der Waals surface area contributed by atoms with Gasteiger partial charge in [0.05, 0.1) is 19.0 Å². The SMILES string of the molecule is CC(=O)Nc1ccc(C(C)C)cc1.CC(C)C1=C(C(=O)Nc2ccccn2)N(C)S(=O)(=O)c2cc(Cl)sc21.CC(C)C1=C(C(=O)Nc2ccccn2)N(C)S(=O)(=O)c2ccccc21.Cc1cnc(NC(=O)C2=C(C(C)C)c3ccccc3S(=O)(=O)N2C)s1. The number of nitrogens with zero attached hydrogens (tertiary/aromatic N) is 6. The zero-order valence-corrected chi connectivity index (χ0v) is 55.5. The summed E-state index contributed by atoms with van der Waals surface area (Å²) in [5.41, 5.74) is 5.70. The number of nitrogens with one attached hydrogen (secondary N) is 4. The third kappa shape index (κ3) is 14.7. The molecule has 88 heavy (non-hydrogen) atoms. The van der Waals surface area contributed by atoms with Gasteiger partial charge in [0, 0.05) is 73.9 Å². The molecule has 464 valence electrons. The van der Waals surface area contributed by atoms with Gasteiger partial charge in [-0.25, -0.2) is 40.2 Å². The van der Waals surface area contributed by atoms with Crippen LogP contribution in [-0.2, 0) is 49.2 Å². The van der Waals surface area contributed by atoms with Crippen molar-refractivity contribution in [1.82, 2.24) is 27.9 Å². The topological polar surface area (TPSA) is 267 Å². The van der Waals surface area contributed by atoms with E-state index >= 15 is 0 Å². The van der Waals surface area contributed by atoms with Gasteiger partial charge < -0.3 is 16.0 Å². The first-order valence-electron chi connectivity index (χ1n) is 27.6. The van der Waals surface area contributed by atoms with E-state index in [-0.39, 0.29) is 55.4 Å². The lowest BCUT2D eigenvalue weighted by Gasteiger charge is -2.32. The molecule has 0 fully saturated rings. The molecule has 3 aromatic carbocycles. The Labute approximate surface area is 527 Å². The summed E-state index contributed by atoms with van der Waals surface area (Å²) in [6.07, 6.45) is 4.77. The Kier molecular flexibility index (Phi) is 21.4. The van der Waals surface area contributed by atoms with Crippen LogP contribution >= 0.6 is 34.3 Å². The van der Waals surface area contributed by atoms with Gasteiger partial charge in [-0.2, -0.15) is 0 Å². The van der Waals surface area contributed by atoms with Gasteiger partial charge in [0.15, 0.2) is 5.13 Å². The number of fused-ring (bicyclic) bond motifs is 3. The molecule has 3 aliphatic rings. The molecule has 20 nitrogen and oxygen atoms in total. The molecular weight excluding hydrogens is 1240 g/mol. The summed E-state index contributed by atoms with van der Waals surface area (Å²) in [4.78, 5) is 63.6. The highest BCUT2D eigenvalue weighted by atomic mass is 35.5. The van der Waals surface area contributed by atoms with E-state index in [1.165, 1.54) is 51.0 Å². The van der Waals surface area contributed by atoms with Crippen LogP contribution in [0.1, 0.15) is 94.7 Å². The number of aromatic nitrogens is 3. The van der Waals surface area contributed by atoms with Gasteiger partial charge in [-0.05, 0) is 102 Å². The smallest absolute Gasteiger partial charge is 0.275 e. The lowest BCUT2D eigenvalue weighted by molar-refractivity contribution is -0.114. The van der Waals surface area contributed by atoms with Crippen LogP contribution in [0.15, 0.2) is 166 Å². The first-order chi connectivity index (χ1) is 41.4. The average molecular weight is 1310 g/mol. The van der Waals surface area contributed by atoms with Gasteiger partial charge >= 0.3 is 0 Å². The van der Waals surface area contributed by atoms with Crippen LogP contribution in [0.2, 0.25) is 4.34 Å². The van der Waals surface area contributed by atoms with Crippen LogP contribution in [0.3, 0.4) is 0 Å². The summed E-state index contributed by atoms with van der Waals surface area (Å²) in [7, 11) is -7.19. The number of thiazole rings is 1. The maximum atomic E-state index is 12.9. The van der Waals surface area contributed by atoms with Crippen LogP contribution < -0.4 is 21.3 Å². The molecule has 10 rings (SSSR count). The number of rotatable bonds is 11. The van der Waals surface area contributed by atoms with Crippen molar-refractivity contribution >= 4 is 127 Å². The Hall–Kier alpha value is -8.07. The highest BCUT2D eigenvalue weighted by molar-refractivity contribution is 7.90. The Morgan fingerprint density at radius 3 is 1.28 bits per heavy atom. The quantitative estimate of drug-likeness (QED) is 0.0940. The molecule has 0 saturated heterocycles. The average Bonchev–Trinajstić information content (AvgIpc) is 1.34.